The lowest BCUT2D eigenvalue weighted by Gasteiger charge is -2.18. The van der Waals surface area contributed by atoms with Gasteiger partial charge in [0.2, 0.25) is 0 Å². The molecular weight excluding hydrogens is 214 g/mol. The second kappa shape index (κ2) is 7.07. The maximum atomic E-state index is 11.2. The zero-order valence-electron chi connectivity index (χ0n) is 10.5. The number of rotatable bonds is 7. The van der Waals surface area contributed by atoms with E-state index < -0.39 is 12.0 Å². The van der Waals surface area contributed by atoms with E-state index in [1.165, 1.54) is 0 Å². The number of nitrogens with one attached hydrogen (secondary N) is 1. The van der Waals surface area contributed by atoms with Crippen LogP contribution in [0.15, 0.2) is 30.3 Å². The molecule has 0 saturated carbocycles. The van der Waals surface area contributed by atoms with Crippen LogP contribution >= 0.6 is 0 Å². The maximum Gasteiger partial charge on any atom is 0.325 e. The van der Waals surface area contributed by atoms with E-state index in [4.69, 9.17) is 0 Å². The first-order valence-corrected chi connectivity index (χ1v) is 6.16. The fraction of sp³-hybridized carbons (Fsp3) is 0.500. The largest absolute Gasteiger partial charge is 0.480 e. The Labute approximate surface area is 103 Å². The first-order chi connectivity index (χ1) is 8.15. The Morgan fingerprint density at radius 2 is 2.00 bits per heavy atom. The third-order valence-corrected chi connectivity index (χ3v) is 2.83. The Bertz CT molecular complexity index is 337. The first kappa shape index (κ1) is 13.7. The third kappa shape index (κ3) is 4.57. The Kier molecular flexibility index (Phi) is 5.70. The predicted molar refractivity (Wildman–Crippen MR) is 68.9 cm³/mol. The number of aliphatic carboxylic acids is 1. The highest BCUT2D eigenvalue weighted by Crippen LogP contribution is 2.14. The quantitative estimate of drug-likeness (QED) is 0.764. The lowest BCUT2D eigenvalue weighted by atomic mass is 10.0. The topological polar surface area (TPSA) is 49.3 Å². The zero-order valence-corrected chi connectivity index (χ0v) is 10.5. The van der Waals surface area contributed by atoms with Gasteiger partial charge in [0.15, 0.2) is 0 Å². The molecule has 1 unspecified atom stereocenters. The van der Waals surface area contributed by atoms with E-state index >= 15 is 0 Å². The minimum absolute atomic E-state index is 0.505. The zero-order chi connectivity index (χ0) is 12.7. The molecule has 3 heteroatoms. The van der Waals surface area contributed by atoms with Gasteiger partial charge in [-0.1, -0.05) is 50.6 Å². The van der Waals surface area contributed by atoms with Crippen LogP contribution < -0.4 is 5.32 Å². The number of carbonyl (C=O) groups is 1. The van der Waals surface area contributed by atoms with Gasteiger partial charge in [0.1, 0.15) is 6.04 Å². The first-order valence-electron chi connectivity index (χ1n) is 6.16. The molecule has 0 heterocycles. The van der Waals surface area contributed by atoms with Crippen LogP contribution in [0.5, 0.6) is 0 Å². The second-order valence-corrected chi connectivity index (χ2v) is 4.48. The molecule has 0 aliphatic rings. The van der Waals surface area contributed by atoms with Crippen molar-refractivity contribution in [2.24, 2.45) is 5.92 Å². The molecule has 0 fully saturated rings. The van der Waals surface area contributed by atoms with Crippen molar-refractivity contribution in [2.45, 2.75) is 32.7 Å². The maximum absolute atomic E-state index is 11.2. The Hall–Kier alpha value is -1.35. The van der Waals surface area contributed by atoms with Crippen molar-refractivity contribution in [1.29, 1.82) is 0 Å². The van der Waals surface area contributed by atoms with E-state index in [-0.39, 0.29) is 0 Å². The fourth-order valence-electron chi connectivity index (χ4n) is 1.91. The van der Waals surface area contributed by atoms with E-state index in [9.17, 15) is 9.90 Å². The number of carboxylic acid groups (broad SMARTS) is 1. The van der Waals surface area contributed by atoms with Gasteiger partial charge in [0.25, 0.3) is 0 Å². The number of hydrogen-bond acceptors (Lipinski definition) is 2. The van der Waals surface area contributed by atoms with Gasteiger partial charge in [-0.3, -0.25) is 4.79 Å². The molecule has 2 N–H and O–H groups in total. The van der Waals surface area contributed by atoms with Crippen molar-refractivity contribution in [2.75, 3.05) is 6.54 Å². The molecule has 0 radical (unpaired) electrons. The van der Waals surface area contributed by atoms with Gasteiger partial charge < -0.3 is 10.4 Å². The van der Waals surface area contributed by atoms with Crippen LogP contribution in [0, 0.1) is 5.92 Å². The summed E-state index contributed by atoms with van der Waals surface area (Å²) >= 11 is 0. The molecule has 0 bridgehead atoms. The summed E-state index contributed by atoms with van der Waals surface area (Å²) in [5, 5.41) is 12.3. The van der Waals surface area contributed by atoms with Gasteiger partial charge in [-0.05, 0) is 24.4 Å². The summed E-state index contributed by atoms with van der Waals surface area (Å²) in [5.74, 6) is -0.314. The van der Waals surface area contributed by atoms with E-state index in [0.29, 0.717) is 5.92 Å². The second-order valence-electron chi connectivity index (χ2n) is 4.48. The van der Waals surface area contributed by atoms with Crippen LogP contribution in [0.4, 0.5) is 0 Å². The predicted octanol–water partition coefficient (Wildman–Crippen LogP) is 2.84. The smallest absolute Gasteiger partial charge is 0.325 e. The van der Waals surface area contributed by atoms with Crippen LogP contribution in [0.2, 0.25) is 0 Å². The highest BCUT2D eigenvalue weighted by molar-refractivity contribution is 5.75. The van der Waals surface area contributed by atoms with Crippen LogP contribution in [0.3, 0.4) is 0 Å². The number of benzene rings is 1. The minimum Gasteiger partial charge on any atom is -0.480 e. The third-order valence-electron chi connectivity index (χ3n) is 2.83. The summed E-state index contributed by atoms with van der Waals surface area (Å²) in [5.41, 5.74) is 0.809. The average Bonchev–Trinajstić information content (AvgIpc) is 2.30. The van der Waals surface area contributed by atoms with Crippen molar-refractivity contribution in [3.05, 3.63) is 35.9 Å². The fourth-order valence-corrected chi connectivity index (χ4v) is 1.91. The molecule has 94 valence electrons. The monoisotopic (exact) mass is 235 g/mol. The van der Waals surface area contributed by atoms with E-state index in [2.05, 4.69) is 19.2 Å². The summed E-state index contributed by atoms with van der Waals surface area (Å²) in [6.45, 7) is 5.02. The summed E-state index contributed by atoms with van der Waals surface area (Å²) < 4.78 is 0. The van der Waals surface area contributed by atoms with Gasteiger partial charge in [0, 0.05) is 0 Å². The molecule has 1 rings (SSSR count). The summed E-state index contributed by atoms with van der Waals surface area (Å²) in [7, 11) is 0. The van der Waals surface area contributed by atoms with Crippen molar-refractivity contribution < 1.29 is 9.90 Å². The van der Waals surface area contributed by atoms with Crippen LogP contribution in [0.1, 0.15) is 38.3 Å². The highest BCUT2D eigenvalue weighted by Gasteiger charge is 2.19. The van der Waals surface area contributed by atoms with Crippen LogP contribution in [0.25, 0.3) is 0 Å². The molecule has 2 atom stereocenters. The molecule has 0 aromatic heterocycles. The van der Waals surface area contributed by atoms with Crippen LogP contribution in [-0.4, -0.2) is 17.6 Å². The Morgan fingerprint density at radius 3 is 2.53 bits per heavy atom. The molecule has 0 amide bonds. The van der Waals surface area contributed by atoms with E-state index in [1.807, 2.05) is 30.3 Å². The molecule has 0 spiro atoms. The van der Waals surface area contributed by atoms with Crippen molar-refractivity contribution >= 4 is 5.97 Å². The van der Waals surface area contributed by atoms with E-state index in [1.54, 1.807) is 0 Å². The standard InChI is InChI=1S/C14H21NO2/c1-3-7-11(2)10-15-13(14(16)17)12-8-5-4-6-9-12/h4-6,8-9,11,13,15H,3,7,10H2,1-2H3,(H,16,17)/t11?,13-/m0/s1. The SMILES string of the molecule is CCCC(C)CN[C@H](C(=O)O)c1ccccc1. The molecule has 0 aliphatic heterocycles. The summed E-state index contributed by atoms with van der Waals surface area (Å²) in [6.07, 6.45) is 2.25. The van der Waals surface area contributed by atoms with Gasteiger partial charge in [-0.25, -0.2) is 0 Å². The van der Waals surface area contributed by atoms with E-state index in [0.717, 1.165) is 24.9 Å². The molecular formula is C14H21NO2. The van der Waals surface area contributed by atoms with Gasteiger partial charge in [-0.2, -0.15) is 0 Å². The lowest BCUT2D eigenvalue weighted by molar-refractivity contribution is -0.139. The van der Waals surface area contributed by atoms with Crippen LogP contribution in [-0.2, 0) is 4.79 Å². The normalized spacial score (nSPS) is 14.2. The lowest BCUT2D eigenvalue weighted by Crippen LogP contribution is -2.31. The van der Waals surface area contributed by atoms with Gasteiger partial charge in [0.05, 0.1) is 0 Å². The molecule has 3 nitrogen and oxygen atoms in total. The summed E-state index contributed by atoms with van der Waals surface area (Å²) in [4.78, 5) is 11.2. The van der Waals surface area contributed by atoms with Crippen molar-refractivity contribution in [3.63, 3.8) is 0 Å². The van der Waals surface area contributed by atoms with Gasteiger partial charge >= 0.3 is 5.97 Å². The Balaban J connectivity index is 2.59. The summed E-state index contributed by atoms with van der Waals surface area (Å²) in [6, 6.07) is 8.70. The van der Waals surface area contributed by atoms with Crippen molar-refractivity contribution in [3.8, 4) is 0 Å². The molecule has 0 saturated heterocycles. The molecule has 1 aromatic carbocycles. The highest BCUT2D eigenvalue weighted by atomic mass is 16.4. The molecule has 17 heavy (non-hydrogen) atoms. The number of carboxylic acids is 1. The average molecular weight is 235 g/mol. The van der Waals surface area contributed by atoms with Gasteiger partial charge in [-0.15, -0.1) is 0 Å². The number of hydrogen-bond donors (Lipinski definition) is 2. The molecule has 1 aromatic rings. The minimum atomic E-state index is -0.820. The Morgan fingerprint density at radius 1 is 1.35 bits per heavy atom. The van der Waals surface area contributed by atoms with Crippen molar-refractivity contribution in [1.82, 2.24) is 5.32 Å². The molecule has 0 aliphatic carbocycles.